The van der Waals surface area contributed by atoms with Crippen LogP contribution < -0.4 is 5.32 Å². The zero-order valence-electron chi connectivity index (χ0n) is 9.53. The number of carbonyl (C=O) groups is 2. The van der Waals surface area contributed by atoms with Gasteiger partial charge in [-0.1, -0.05) is 0 Å². The van der Waals surface area contributed by atoms with Crippen molar-refractivity contribution in [3.63, 3.8) is 0 Å². The SMILES string of the molecule is O=CNC1CCCN1C(=O)c1cc(F)cc(F)c1. The zero-order valence-corrected chi connectivity index (χ0v) is 9.53. The molecule has 4 nitrogen and oxygen atoms in total. The molecule has 1 aliphatic rings. The van der Waals surface area contributed by atoms with Crippen molar-refractivity contribution in [2.24, 2.45) is 0 Å². The van der Waals surface area contributed by atoms with Crippen molar-refractivity contribution in [3.8, 4) is 0 Å². The van der Waals surface area contributed by atoms with Crippen LogP contribution in [0.2, 0.25) is 0 Å². The first-order chi connectivity index (χ1) is 8.61. The fraction of sp³-hybridized carbons (Fsp3) is 0.333. The van der Waals surface area contributed by atoms with Gasteiger partial charge in [0, 0.05) is 18.2 Å². The molecule has 96 valence electrons. The largest absolute Gasteiger partial charge is 0.338 e. The first-order valence-corrected chi connectivity index (χ1v) is 5.58. The first kappa shape index (κ1) is 12.5. The maximum absolute atomic E-state index is 13.0. The molecule has 2 amide bonds. The average Bonchev–Trinajstić information content (AvgIpc) is 2.75. The highest BCUT2D eigenvalue weighted by Gasteiger charge is 2.29. The highest BCUT2D eigenvalue weighted by atomic mass is 19.1. The molecule has 0 radical (unpaired) electrons. The standard InChI is InChI=1S/C12H12F2N2O2/c13-9-4-8(5-10(14)6-9)12(18)16-3-1-2-11(16)15-7-17/h4-7,11H,1-3H2,(H,15,17). The van der Waals surface area contributed by atoms with Gasteiger partial charge in [-0.2, -0.15) is 0 Å². The van der Waals surface area contributed by atoms with Crippen LogP contribution in [0, 0.1) is 11.6 Å². The van der Waals surface area contributed by atoms with Crippen LogP contribution in [0.15, 0.2) is 18.2 Å². The van der Waals surface area contributed by atoms with Gasteiger partial charge in [0.15, 0.2) is 0 Å². The molecule has 2 rings (SSSR count). The molecule has 1 saturated heterocycles. The van der Waals surface area contributed by atoms with E-state index in [2.05, 4.69) is 5.32 Å². The van der Waals surface area contributed by atoms with Gasteiger partial charge < -0.3 is 10.2 Å². The number of hydrogen-bond acceptors (Lipinski definition) is 2. The lowest BCUT2D eigenvalue weighted by molar-refractivity contribution is -0.110. The quantitative estimate of drug-likeness (QED) is 0.826. The van der Waals surface area contributed by atoms with E-state index in [0.29, 0.717) is 25.4 Å². The molecule has 1 aromatic rings. The van der Waals surface area contributed by atoms with Gasteiger partial charge in [-0.25, -0.2) is 8.78 Å². The summed E-state index contributed by atoms with van der Waals surface area (Å²) in [4.78, 5) is 23.9. The van der Waals surface area contributed by atoms with Gasteiger partial charge in [-0.05, 0) is 25.0 Å². The minimum atomic E-state index is -0.794. The van der Waals surface area contributed by atoms with Crippen molar-refractivity contribution in [3.05, 3.63) is 35.4 Å². The van der Waals surface area contributed by atoms with E-state index in [1.54, 1.807) is 0 Å². The summed E-state index contributed by atoms with van der Waals surface area (Å²) in [5, 5.41) is 2.51. The van der Waals surface area contributed by atoms with E-state index in [4.69, 9.17) is 0 Å². The van der Waals surface area contributed by atoms with E-state index >= 15 is 0 Å². The van der Waals surface area contributed by atoms with Gasteiger partial charge in [0.2, 0.25) is 6.41 Å². The third-order valence-corrected chi connectivity index (χ3v) is 2.88. The Hall–Kier alpha value is -1.98. The Morgan fingerprint density at radius 1 is 1.33 bits per heavy atom. The highest BCUT2D eigenvalue weighted by Crippen LogP contribution is 2.19. The van der Waals surface area contributed by atoms with E-state index < -0.39 is 23.7 Å². The monoisotopic (exact) mass is 254 g/mol. The Kier molecular flexibility index (Phi) is 3.55. The van der Waals surface area contributed by atoms with Crippen molar-refractivity contribution in [2.45, 2.75) is 19.0 Å². The van der Waals surface area contributed by atoms with Gasteiger partial charge >= 0.3 is 0 Å². The van der Waals surface area contributed by atoms with Crippen molar-refractivity contribution in [1.29, 1.82) is 0 Å². The minimum Gasteiger partial charge on any atom is -0.338 e. The number of rotatable bonds is 3. The number of amides is 2. The first-order valence-electron chi connectivity index (χ1n) is 5.58. The fourth-order valence-electron chi connectivity index (χ4n) is 2.10. The van der Waals surface area contributed by atoms with Crippen molar-refractivity contribution in [2.75, 3.05) is 6.54 Å². The summed E-state index contributed by atoms with van der Waals surface area (Å²) in [5.41, 5.74) is -0.0490. The molecule has 0 aromatic heterocycles. The Labute approximate surface area is 103 Å². The van der Waals surface area contributed by atoms with E-state index in [9.17, 15) is 18.4 Å². The van der Waals surface area contributed by atoms with Crippen LogP contribution in [-0.2, 0) is 4.79 Å². The maximum atomic E-state index is 13.0. The summed E-state index contributed by atoms with van der Waals surface area (Å²) in [6.45, 7) is 0.461. The molecule has 18 heavy (non-hydrogen) atoms. The molecule has 1 atom stereocenters. The molecule has 6 heteroatoms. The van der Waals surface area contributed by atoms with Gasteiger partial charge in [0.25, 0.3) is 5.91 Å². The summed E-state index contributed by atoms with van der Waals surface area (Å²) in [6, 6.07) is 2.69. The molecule has 1 N–H and O–H groups in total. The summed E-state index contributed by atoms with van der Waals surface area (Å²) in [5.74, 6) is -2.07. The molecule has 1 fully saturated rings. The number of nitrogens with one attached hydrogen (secondary N) is 1. The van der Waals surface area contributed by atoms with Crippen LogP contribution >= 0.6 is 0 Å². The molecule has 0 saturated carbocycles. The summed E-state index contributed by atoms with van der Waals surface area (Å²) in [7, 11) is 0. The van der Waals surface area contributed by atoms with E-state index in [1.165, 1.54) is 4.90 Å². The Bertz CT molecular complexity index is 459. The lowest BCUT2D eigenvalue weighted by atomic mass is 10.2. The lowest BCUT2D eigenvalue weighted by Crippen LogP contribution is -2.44. The number of carbonyl (C=O) groups excluding carboxylic acids is 2. The zero-order chi connectivity index (χ0) is 13.1. The number of nitrogens with zero attached hydrogens (tertiary/aromatic N) is 1. The number of hydrogen-bond donors (Lipinski definition) is 1. The Morgan fingerprint density at radius 3 is 2.61 bits per heavy atom. The molecular formula is C12H12F2N2O2. The van der Waals surface area contributed by atoms with Gasteiger partial charge in [0.1, 0.15) is 17.8 Å². The van der Waals surface area contributed by atoms with Crippen LogP contribution in [0.25, 0.3) is 0 Å². The molecule has 0 aliphatic carbocycles. The molecule has 1 aliphatic heterocycles. The van der Waals surface area contributed by atoms with Gasteiger partial charge in [-0.15, -0.1) is 0 Å². The third-order valence-electron chi connectivity index (χ3n) is 2.88. The van der Waals surface area contributed by atoms with Crippen molar-refractivity contribution < 1.29 is 18.4 Å². The maximum Gasteiger partial charge on any atom is 0.255 e. The third kappa shape index (κ3) is 2.47. The molecule has 1 unspecified atom stereocenters. The highest BCUT2D eigenvalue weighted by molar-refractivity contribution is 5.94. The van der Waals surface area contributed by atoms with E-state index in [0.717, 1.165) is 18.6 Å². The van der Waals surface area contributed by atoms with Crippen LogP contribution in [0.3, 0.4) is 0 Å². The predicted molar refractivity (Wildman–Crippen MR) is 59.6 cm³/mol. The molecule has 1 heterocycles. The summed E-state index contributed by atoms with van der Waals surface area (Å²) >= 11 is 0. The second kappa shape index (κ2) is 5.12. The predicted octanol–water partition coefficient (Wildman–Crippen LogP) is 1.27. The Balaban J connectivity index is 2.22. The van der Waals surface area contributed by atoms with Crippen molar-refractivity contribution >= 4 is 12.3 Å². The normalized spacial score (nSPS) is 18.8. The molecular weight excluding hydrogens is 242 g/mol. The summed E-state index contributed by atoms with van der Waals surface area (Å²) < 4.78 is 26.1. The number of benzene rings is 1. The average molecular weight is 254 g/mol. The number of halogens is 2. The fourth-order valence-corrected chi connectivity index (χ4v) is 2.10. The van der Waals surface area contributed by atoms with Gasteiger partial charge in [0.05, 0.1) is 0 Å². The molecule has 1 aromatic carbocycles. The van der Waals surface area contributed by atoms with Crippen LogP contribution in [0.5, 0.6) is 0 Å². The smallest absolute Gasteiger partial charge is 0.255 e. The van der Waals surface area contributed by atoms with Gasteiger partial charge in [-0.3, -0.25) is 9.59 Å². The van der Waals surface area contributed by atoms with E-state index in [1.807, 2.05) is 0 Å². The Morgan fingerprint density at radius 2 is 2.00 bits per heavy atom. The second-order valence-corrected chi connectivity index (χ2v) is 4.10. The van der Waals surface area contributed by atoms with Crippen LogP contribution in [0.1, 0.15) is 23.2 Å². The molecule has 0 bridgehead atoms. The van der Waals surface area contributed by atoms with Crippen LogP contribution in [-0.4, -0.2) is 29.9 Å². The lowest BCUT2D eigenvalue weighted by Gasteiger charge is -2.24. The van der Waals surface area contributed by atoms with Crippen LogP contribution in [0.4, 0.5) is 8.78 Å². The molecule has 0 spiro atoms. The number of likely N-dealkylation sites (tertiary alicyclic amines) is 1. The topological polar surface area (TPSA) is 49.4 Å². The van der Waals surface area contributed by atoms with Crippen molar-refractivity contribution in [1.82, 2.24) is 10.2 Å². The second-order valence-electron chi connectivity index (χ2n) is 4.10. The van der Waals surface area contributed by atoms with E-state index in [-0.39, 0.29) is 5.56 Å². The minimum absolute atomic E-state index is 0.0490. The summed E-state index contributed by atoms with van der Waals surface area (Å²) in [6.07, 6.45) is 1.50.